The molecule has 4 heterocycles. The molecular weight excluding hydrogens is 542 g/mol. The van der Waals surface area contributed by atoms with Crippen LogP contribution in [0.2, 0.25) is 0 Å². The molecule has 0 radical (unpaired) electrons. The monoisotopic (exact) mass is 573 g/mol. The van der Waals surface area contributed by atoms with Gasteiger partial charge in [0.25, 0.3) is 5.56 Å². The molecule has 0 aliphatic carbocycles. The van der Waals surface area contributed by atoms with E-state index in [4.69, 9.17) is 9.47 Å². The highest BCUT2D eigenvalue weighted by Gasteiger charge is 2.18. The molecule has 1 fully saturated rings. The summed E-state index contributed by atoms with van der Waals surface area (Å²) < 4.78 is 14.3. The number of aromatic nitrogens is 1. The minimum Gasteiger partial charge on any atom is -0.494 e. The molecule has 5 aromatic rings. The Hall–Kier alpha value is -3.66. The van der Waals surface area contributed by atoms with Gasteiger partial charge in [-0.1, -0.05) is 12.1 Å². The molecule has 9 heteroatoms. The van der Waals surface area contributed by atoms with E-state index in [0.717, 1.165) is 51.0 Å². The summed E-state index contributed by atoms with van der Waals surface area (Å²) in [5.74, 6) is 0.264. The van der Waals surface area contributed by atoms with E-state index >= 15 is 0 Å². The number of hydrogen-bond donors (Lipinski definition) is 0. The van der Waals surface area contributed by atoms with Crippen molar-refractivity contribution in [2.24, 2.45) is 0 Å². The Bertz CT molecular complexity index is 1650. The number of pyridine rings is 1. The van der Waals surface area contributed by atoms with Gasteiger partial charge >= 0.3 is 5.97 Å². The quantitative estimate of drug-likeness (QED) is 0.149. The molecule has 0 atom stereocenters. The van der Waals surface area contributed by atoms with Gasteiger partial charge in [0.05, 0.1) is 12.1 Å². The molecule has 0 unspecified atom stereocenters. The molecule has 1 aliphatic rings. The molecule has 6 rings (SSSR count). The SMILES string of the molecule is O=C(OCn1c(=O)ccc2ccc(OCCCCN3CCN(c4cccc5sccc45)CC3)cc21)c1cccs1. The van der Waals surface area contributed by atoms with Crippen molar-refractivity contribution in [1.82, 2.24) is 9.47 Å². The molecule has 2 aromatic carbocycles. The van der Waals surface area contributed by atoms with Gasteiger partial charge in [-0.2, -0.15) is 0 Å². The lowest BCUT2D eigenvalue weighted by atomic mass is 10.2. The number of benzene rings is 2. The fraction of sp³-hybridized carbons (Fsp3) is 0.290. The second-order valence-electron chi connectivity index (χ2n) is 9.85. The van der Waals surface area contributed by atoms with Gasteiger partial charge in [0, 0.05) is 54.1 Å². The summed E-state index contributed by atoms with van der Waals surface area (Å²) in [6, 6.07) is 21.3. The molecule has 1 saturated heterocycles. The summed E-state index contributed by atoms with van der Waals surface area (Å²) in [6.45, 7) is 5.76. The molecule has 0 bridgehead atoms. The number of thiophene rings is 2. The lowest BCUT2D eigenvalue weighted by molar-refractivity contribution is 0.0380. The van der Waals surface area contributed by atoms with E-state index in [1.54, 1.807) is 29.5 Å². The van der Waals surface area contributed by atoms with Gasteiger partial charge in [0.2, 0.25) is 0 Å². The van der Waals surface area contributed by atoms with Crippen molar-refractivity contribution in [2.75, 3.05) is 44.2 Å². The topological polar surface area (TPSA) is 64.0 Å². The number of esters is 1. The third-order valence-corrected chi connectivity index (χ3v) is 9.07. The van der Waals surface area contributed by atoms with Gasteiger partial charge in [0.1, 0.15) is 10.6 Å². The van der Waals surface area contributed by atoms with Crippen molar-refractivity contribution in [2.45, 2.75) is 19.6 Å². The standard InChI is InChI=1S/C31H31N3O4S2/c35-30-11-9-23-8-10-24(21-27(23)34(30)22-38-31(36)29-7-4-19-39-29)37-18-2-1-13-32-14-16-33(17-15-32)26-5-3-6-28-25(26)12-20-40-28/h3-12,19-21H,1-2,13-18,22H2. The van der Waals surface area contributed by atoms with E-state index < -0.39 is 5.97 Å². The van der Waals surface area contributed by atoms with E-state index in [9.17, 15) is 9.59 Å². The number of hydrogen-bond acceptors (Lipinski definition) is 8. The molecule has 206 valence electrons. The normalized spacial score (nSPS) is 14.2. The number of piperazine rings is 1. The second kappa shape index (κ2) is 12.2. The van der Waals surface area contributed by atoms with E-state index in [-0.39, 0.29) is 12.3 Å². The lowest BCUT2D eigenvalue weighted by Gasteiger charge is -2.36. The number of nitrogens with zero attached hydrogens (tertiary/aromatic N) is 3. The van der Waals surface area contributed by atoms with Crippen molar-refractivity contribution >= 4 is 55.3 Å². The first kappa shape index (κ1) is 26.6. The number of carbonyl (C=O) groups is 1. The van der Waals surface area contributed by atoms with Gasteiger partial charge in [-0.05, 0) is 78.0 Å². The van der Waals surface area contributed by atoms with E-state index in [2.05, 4.69) is 39.4 Å². The molecule has 7 nitrogen and oxygen atoms in total. The first-order valence-electron chi connectivity index (χ1n) is 13.6. The first-order valence-corrected chi connectivity index (χ1v) is 15.3. The molecule has 0 N–H and O–H groups in total. The molecular formula is C31H31N3O4S2. The van der Waals surface area contributed by atoms with Crippen LogP contribution in [-0.4, -0.2) is 54.8 Å². The highest BCUT2D eigenvalue weighted by Crippen LogP contribution is 2.31. The van der Waals surface area contributed by atoms with Crippen LogP contribution in [0.1, 0.15) is 22.5 Å². The predicted octanol–water partition coefficient (Wildman–Crippen LogP) is 6.07. The van der Waals surface area contributed by atoms with E-state index in [1.165, 1.54) is 37.7 Å². The summed E-state index contributed by atoms with van der Waals surface area (Å²) >= 11 is 3.11. The highest BCUT2D eigenvalue weighted by atomic mass is 32.1. The van der Waals surface area contributed by atoms with Crippen molar-refractivity contribution in [1.29, 1.82) is 0 Å². The summed E-state index contributed by atoms with van der Waals surface area (Å²) in [4.78, 5) is 30.4. The number of anilines is 1. The van der Waals surface area contributed by atoms with Crippen molar-refractivity contribution < 1.29 is 14.3 Å². The third kappa shape index (κ3) is 5.91. The average Bonchev–Trinajstić information content (AvgIpc) is 3.70. The van der Waals surface area contributed by atoms with Crippen LogP contribution < -0.4 is 15.2 Å². The second-order valence-corrected chi connectivity index (χ2v) is 11.7. The Morgan fingerprint density at radius 1 is 0.875 bits per heavy atom. The number of ether oxygens (including phenoxy) is 2. The van der Waals surface area contributed by atoms with Crippen molar-refractivity contribution in [3.05, 3.63) is 92.7 Å². The summed E-state index contributed by atoms with van der Waals surface area (Å²) in [5.41, 5.74) is 1.81. The van der Waals surface area contributed by atoms with Crippen LogP contribution in [0.25, 0.3) is 21.0 Å². The van der Waals surface area contributed by atoms with Crippen molar-refractivity contribution in [3.8, 4) is 5.75 Å². The minimum atomic E-state index is -0.437. The van der Waals surface area contributed by atoms with Crippen LogP contribution in [0, 0.1) is 0 Å². The fourth-order valence-electron chi connectivity index (χ4n) is 5.17. The van der Waals surface area contributed by atoms with E-state index in [1.807, 2.05) is 23.6 Å². The number of rotatable bonds is 10. The minimum absolute atomic E-state index is 0.147. The molecule has 0 amide bonds. The number of unbranched alkanes of at least 4 members (excludes halogenated alkanes) is 1. The van der Waals surface area contributed by atoms with E-state index in [0.29, 0.717) is 22.8 Å². The summed E-state index contributed by atoms with van der Waals surface area (Å²) in [6.07, 6.45) is 2.02. The Morgan fingerprint density at radius 2 is 1.75 bits per heavy atom. The van der Waals surface area contributed by atoms with Crippen LogP contribution in [0.5, 0.6) is 5.75 Å². The summed E-state index contributed by atoms with van der Waals surface area (Å²) in [7, 11) is 0. The Kier molecular flexibility index (Phi) is 8.13. The molecule has 3 aromatic heterocycles. The molecule has 1 aliphatic heterocycles. The molecule has 0 spiro atoms. The Balaban J connectivity index is 0.979. The zero-order valence-electron chi connectivity index (χ0n) is 22.2. The molecule has 0 saturated carbocycles. The highest BCUT2D eigenvalue weighted by molar-refractivity contribution is 7.17. The van der Waals surface area contributed by atoms with Crippen molar-refractivity contribution in [3.63, 3.8) is 0 Å². The molecule has 40 heavy (non-hydrogen) atoms. The van der Waals surface area contributed by atoms with Crippen LogP contribution >= 0.6 is 22.7 Å². The fourth-order valence-corrected chi connectivity index (χ4v) is 6.60. The maximum atomic E-state index is 12.6. The summed E-state index contributed by atoms with van der Waals surface area (Å²) in [5, 5.41) is 6.24. The average molecular weight is 574 g/mol. The zero-order valence-corrected chi connectivity index (χ0v) is 23.8. The van der Waals surface area contributed by atoms with Gasteiger partial charge in [0.15, 0.2) is 6.73 Å². The van der Waals surface area contributed by atoms with Gasteiger partial charge in [-0.3, -0.25) is 14.3 Å². The first-order chi connectivity index (χ1) is 19.7. The van der Waals surface area contributed by atoms with Gasteiger partial charge in [-0.15, -0.1) is 22.7 Å². The maximum Gasteiger partial charge on any atom is 0.350 e. The Labute approximate surface area is 240 Å². The van der Waals surface area contributed by atoms with Crippen LogP contribution in [0.15, 0.2) is 82.3 Å². The van der Waals surface area contributed by atoms with Crippen LogP contribution in [0.4, 0.5) is 5.69 Å². The number of carbonyl (C=O) groups excluding carboxylic acids is 1. The smallest absolute Gasteiger partial charge is 0.350 e. The third-order valence-electron chi connectivity index (χ3n) is 7.33. The van der Waals surface area contributed by atoms with Crippen LogP contribution in [0.3, 0.4) is 0 Å². The van der Waals surface area contributed by atoms with Gasteiger partial charge < -0.3 is 14.4 Å². The number of fused-ring (bicyclic) bond motifs is 2. The lowest BCUT2D eigenvalue weighted by Crippen LogP contribution is -2.46. The van der Waals surface area contributed by atoms with Crippen LogP contribution in [-0.2, 0) is 11.5 Å². The van der Waals surface area contributed by atoms with Gasteiger partial charge in [-0.25, -0.2) is 4.79 Å². The predicted molar refractivity (Wildman–Crippen MR) is 163 cm³/mol. The largest absolute Gasteiger partial charge is 0.494 e. The maximum absolute atomic E-state index is 12.6. The Morgan fingerprint density at radius 3 is 2.60 bits per heavy atom. The zero-order chi connectivity index (χ0) is 27.3.